The number of benzene rings is 1. The molecule has 0 bridgehead atoms. The van der Waals surface area contributed by atoms with E-state index in [1.807, 2.05) is 24.3 Å². The Morgan fingerprint density at radius 1 is 1.11 bits per heavy atom. The zero-order valence-electron chi connectivity index (χ0n) is 10.4. The average molecular weight is 262 g/mol. The molecule has 0 N–H and O–H groups in total. The molecule has 0 aliphatic heterocycles. The molecule has 3 heteroatoms. The summed E-state index contributed by atoms with van der Waals surface area (Å²) in [5, 5.41) is 0.495. The topological polar surface area (TPSA) is 22.1 Å². The highest BCUT2D eigenvalue weighted by molar-refractivity contribution is 6.29. The molecule has 1 heterocycles. The van der Waals surface area contributed by atoms with Gasteiger partial charge in [0.05, 0.1) is 0 Å². The van der Waals surface area contributed by atoms with E-state index < -0.39 is 0 Å². The molecule has 0 saturated heterocycles. The fraction of sp³-hybridized carbons (Fsp3) is 0.267. The van der Waals surface area contributed by atoms with Crippen molar-refractivity contribution in [2.45, 2.75) is 26.4 Å². The van der Waals surface area contributed by atoms with Gasteiger partial charge >= 0.3 is 0 Å². The van der Waals surface area contributed by atoms with E-state index >= 15 is 0 Å². The van der Waals surface area contributed by atoms with E-state index in [-0.39, 0.29) is 0 Å². The van der Waals surface area contributed by atoms with E-state index in [0.717, 1.165) is 24.2 Å². The molecule has 0 fully saturated rings. The van der Waals surface area contributed by atoms with Crippen LogP contribution in [0.3, 0.4) is 0 Å². The van der Waals surface area contributed by atoms with Crippen LogP contribution < -0.4 is 4.74 Å². The minimum atomic E-state index is 0.495. The molecule has 0 saturated carbocycles. The quantitative estimate of drug-likeness (QED) is 0.750. The average Bonchev–Trinajstić information content (AvgIpc) is 2.38. The van der Waals surface area contributed by atoms with Crippen LogP contribution in [0.15, 0.2) is 42.6 Å². The van der Waals surface area contributed by atoms with Crippen LogP contribution in [0.25, 0.3) is 0 Å². The third kappa shape index (κ3) is 3.74. The van der Waals surface area contributed by atoms with Crippen molar-refractivity contribution in [1.82, 2.24) is 4.98 Å². The van der Waals surface area contributed by atoms with E-state index in [9.17, 15) is 0 Å². The second-order valence-electron chi connectivity index (χ2n) is 4.17. The van der Waals surface area contributed by atoms with E-state index in [1.54, 1.807) is 6.20 Å². The fourth-order valence-corrected chi connectivity index (χ4v) is 1.94. The largest absolute Gasteiger partial charge is 0.489 e. The van der Waals surface area contributed by atoms with Crippen molar-refractivity contribution in [3.8, 4) is 5.75 Å². The highest BCUT2D eigenvalue weighted by Gasteiger charge is 1.98. The van der Waals surface area contributed by atoms with Gasteiger partial charge in [0, 0.05) is 6.20 Å². The maximum Gasteiger partial charge on any atom is 0.129 e. The lowest BCUT2D eigenvalue weighted by Crippen LogP contribution is -1.96. The molecule has 18 heavy (non-hydrogen) atoms. The normalized spacial score (nSPS) is 10.3. The molecule has 2 aromatic rings. The van der Waals surface area contributed by atoms with Gasteiger partial charge in [-0.3, -0.25) is 0 Å². The van der Waals surface area contributed by atoms with Gasteiger partial charge in [0.15, 0.2) is 0 Å². The van der Waals surface area contributed by atoms with Crippen LogP contribution in [0.4, 0.5) is 0 Å². The lowest BCUT2D eigenvalue weighted by atomic mass is 10.1. The summed E-state index contributed by atoms with van der Waals surface area (Å²) in [6.07, 6.45) is 3.96. The van der Waals surface area contributed by atoms with E-state index in [2.05, 4.69) is 24.0 Å². The molecule has 0 aliphatic rings. The number of halogens is 1. The monoisotopic (exact) mass is 261 g/mol. The Morgan fingerprint density at radius 3 is 2.56 bits per heavy atom. The molecular formula is C15H16ClNO. The maximum atomic E-state index is 5.82. The molecule has 0 radical (unpaired) electrons. The third-order valence-electron chi connectivity index (χ3n) is 2.66. The molecular weight excluding hydrogens is 246 g/mol. The smallest absolute Gasteiger partial charge is 0.129 e. The van der Waals surface area contributed by atoms with Crippen molar-refractivity contribution >= 4 is 11.6 Å². The number of ether oxygens (including phenoxy) is 1. The molecule has 0 aliphatic carbocycles. The number of aromatic nitrogens is 1. The summed E-state index contributed by atoms with van der Waals surface area (Å²) >= 11 is 5.82. The Kier molecular flexibility index (Phi) is 4.59. The van der Waals surface area contributed by atoms with Gasteiger partial charge in [0.25, 0.3) is 0 Å². The molecule has 0 amide bonds. The van der Waals surface area contributed by atoms with Gasteiger partial charge in [0.2, 0.25) is 0 Å². The summed E-state index contributed by atoms with van der Waals surface area (Å²) in [5.74, 6) is 0.878. The molecule has 0 spiro atoms. The summed E-state index contributed by atoms with van der Waals surface area (Å²) in [4.78, 5) is 3.94. The van der Waals surface area contributed by atoms with Crippen molar-refractivity contribution in [3.05, 3.63) is 58.9 Å². The minimum absolute atomic E-state index is 0.495. The minimum Gasteiger partial charge on any atom is -0.489 e. The number of nitrogens with zero attached hydrogens (tertiary/aromatic N) is 1. The lowest BCUT2D eigenvalue weighted by Gasteiger charge is -2.07. The van der Waals surface area contributed by atoms with Gasteiger partial charge in [-0.15, -0.1) is 0 Å². The summed E-state index contributed by atoms with van der Waals surface area (Å²) in [5.41, 5.74) is 2.37. The van der Waals surface area contributed by atoms with E-state index in [0.29, 0.717) is 11.8 Å². The van der Waals surface area contributed by atoms with Gasteiger partial charge in [-0.2, -0.15) is 0 Å². The van der Waals surface area contributed by atoms with E-state index in [1.165, 1.54) is 5.56 Å². The maximum absolute atomic E-state index is 5.82. The first-order valence-electron chi connectivity index (χ1n) is 6.10. The number of hydrogen-bond donors (Lipinski definition) is 0. The van der Waals surface area contributed by atoms with Crippen molar-refractivity contribution in [2.24, 2.45) is 0 Å². The summed E-state index contributed by atoms with van der Waals surface area (Å²) in [7, 11) is 0. The molecule has 94 valence electrons. The van der Waals surface area contributed by atoms with E-state index in [4.69, 9.17) is 16.3 Å². The number of aryl methyl sites for hydroxylation is 1. The Morgan fingerprint density at radius 2 is 1.89 bits per heavy atom. The molecule has 1 aromatic heterocycles. The van der Waals surface area contributed by atoms with Crippen LogP contribution in [0.2, 0.25) is 5.15 Å². The van der Waals surface area contributed by atoms with Gasteiger partial charge in [0.1, 0.15) is 17.5 Å². The number of pyridine rings is 1. The van der Waals surface area contributed by atoms with Crippen molar-refractivity contribution in [3.63, 3.8) is 0 Å². The van der Waals surface area contributed by atoms with Crippen LogP contribution in [-0.4, -0.2) is 4.98 Å². The number of hydrogen-bond acceptors (Lipinski definition) is 2. The second-order valence-corrected chi connectivity index (χ2v) is 4.56. The summed E-state index contributed by atoms with van der Waals surface area (Å²) < 4.78 is 5.69. The molecule has 2 nitrogen and oxygen atoms in total. The van der Waals surface area contributed by atoms with Gasteiger partial charge in [-0.1, -0.05) is 37.1 Å². The van der Waals surface area contributed by atoms with Gasteiger partial charge < -0.3 is 4.74 Å². The molecule has 0 atom stereocenters. The Labute approximate surface area is 113 Å². The SMILES string of the molecule is CCCc1ccc(OCc2ccnc(Cl)c2)cc1. The Balaban J connectivity index is 1.93. The zero-order chi connectivity index (χ0) is 12.8. The summed E-state index contributed by atoms with van der Waals surface area (Å²) in [6.45, 7) is 2.69. The Hall–Kier alpha value is -1.54. The number of rotatable bonds is 5. The van der Waals surface area contributed by atoms with Crippen LogP contribution in [0, 0.1) is 0 Å². The van der Waals surface area contributed by atoms with Crippen LogP contribution in [-0.2, 0) is 13.0 Å². The molecule has 2 rings (SSSR count). The molecule has 0 unspecified atom stereocenters. The second kappa shape index (κ2) is 6.41. The van der Waals surface area contributed by atoms with Crippen molar-refractivity contribution in [2.75, 3.05) is 0 Å². The highest BCUT2D eigenvalue weighted by Crippen LogP contribution is 2.16. The van der Waals surface area contributed by atoms with Crippen molar-refractivity contribution in [1.29, 1.82) is 0 Å². The zero-order valence-corrected chi connectivity index (χ0v) is 11.2. The van der Waals surface area contributed by atoms with Crippen LogP contribution in [0.5, 0.6) is 5.75 Å². The van der Waals surface area contributed by atoms with Crippen LogP contribution in [0.1, 0.15) is 24.5 Å². The first kappa shape index (κ1) is 12.9. The van der Waals surface area contributed by atoms with Gasteiger partial charge in [-0.05, 0) is 41.8 Å². The summed E-state index contributed by atoms with van der Waals surface area (Å²) in [6, 6.07) is 11.9. The predicted molar refractivity (Wildman–Crippen MR) is 74.0 cm³/mol. The van der Waals surface area contributed by atoms with Crippen LogP contribution >= 0.6 is 11.6 Å². The lowest BCUT2D eigenvalue weighted by molar-refractivity contribution is 0.306. The first-order chi connectivity index (χ1) is 8.78. The highest BCUT2D eigenvalue weighted by atomic mass is 35.5. The van der Waals surface area contributed by atoms with Crippen molar-refractivity contribution < 1.29 is 4.74 Å². The Bertz CT molecular complexity index is 496. The molecule has 1 aromatic carbocycles. The van der Waals surface area contributed by atoms with Gasteiger partial charge in [-0.25, -0.2) is 4.98 Å². The standard InChI is InChI=1S/C15H16ClNO/c1-2-3-12-4-6-14(7-5-12)18-11-13-8-9-17-15(16)10-13/h4-10H,2-3,11H2,1H3. The fourth-order valence-electron chi connectivity index (χ4n) is 1.74. The third-order valence-corrected chi connectivity index (χ3v) is 2.87. The predicted octanol–water partition coefficient (Wildman–Crippen LogP) is 4.27. The first-order valence-corrected chi connectivity index (χ1v) is 6.48.